The van der Waals surface area contributed by atoms with E-state index in [9.17, 15) is 24.6 Å². The molecule has 0 aliphatic heterocycles. The Morgan fingerprint density at radius 2 is 1.44 bits per heavy atom. The van der Waals surface area contributed by atoms with E-state index in [0.29, 0.717) is 5.56 Å². The number of carbonyl (C=O) groups is 3. The van der Waals surface area contributed by atoms with Crippen LogP contribution >= 0.6 is 0 Å². The van der Waals surface area contributed by atoms with Crippen LogP contribution in [0.1, 0.15) is 47.8 Å². The standard InChI is InChI=1S/C18H16N4O5/c19-5-6-22-15-7-3-1-2-4-8(7)16(23)10-9(15)13(20)11(17(24)25)12(14(10)21)18(26)27/h1-4H,5-6,19-21H2,(H,24,25)(H,26,27). The lowest BCUT2D eigenvalue weighted by molar-refractivity contribution is 0.0653. The molecular weight excluding hydrogens is 352 g/mol. The Morgan fingerprint density at radius 1 is 0.926 bits per heavy atom. The van der Waals surface area contributed by atoms with Crippen LogP contribution in [0.2, 0.25) is 0 Å². The summed E-state index contributed by atoms with van der Waals surface area (Å²) in [5.41, 5.74) is 16.1. The molecule has 3 rings (SSSR count). The minimum atomic E-state index is -1.59. The summed E-state index contributed by atoms with van der Waals surface area (Å²) < 4.78 is 0. The minimum absolute atomic E-state index is 0.0204. The van der Waals surface area contributed by atoms with E-state index in [4.69, 9.17) is 17.2 Å². The summed E-state index contributed by atoms with van der Waals surface area (Å²) in [6, 6.07) is 6.54. The van der Waals surface area contributed by atoms with Crippen LogP contribution in [0.25, 0.3) is 0 Å². The highest BCUT2D eigenvalue weighted by atomic mass is 16.4. The molecule has 0 spiro atoms. The van der Waals surface area contributed by atoms with Gasteiger partial charge in [-0.2, -0.15) is 0 Å². The molecule has 27 heavy (non-hydrogen) atoms. The van der Waals surface area contributed by atoms with Gasteiger partial charge in [0.25, 0.3) is 0 Å². The van der Waals surface area contributed by atoms with Crippen LogP contribution < -0.4 is 17.2 Å². The summed E-state index contributed by atoms with van der Waals surface area (Å²) in [6.45, 7) is 0.406. The summed E-state index contributed by atoms with van der Waals surface area (Å²) >= 11 is 0. The van der Waals surface area contributed by atoms with Gasteiger partial charge in [-0.15, -0.1) is 0 Å². The number of carboxylic acid groups (broad SMARTS) is 2. The average molecular weight is 368 g/mol. The Kier molecular flexibility index (Phi) is 4.38. The highest BCUT2D eigenvalue weighted by molar-refractivity contribution is 6.35. The molecule has 0 amide bonds. The van der Waals surface area contributed by atoms with Crippen LogP contribution in [0, 0.1) is 0 Å². The summed E-state index contributed by atoms with van der Waals surface area (Å²) in [5, 5.41) is 19.0. The second kappa shape index (κ2) is 6.54. The van der Waals surface area contributed by atoms with Crippen LogP contribution in [-0.4, -0.2) is 46.7 Å². The molecule has 0 saturated heterocycles. The van der Waals surface area contributed by atoms with Gasteiger partial charge in [0.1, 0.15) is 0 Å². The zero-order chi connectivity index (χ0) is 19.9. The number of nitrogens with zero attached hydrogens (tertiary/aromatic N) is 1. The first kappa shape index (κ1) is 18.1. The van der Waals surface area contributed by atoms with Crippen LogP contribution in [-0.2, 0) is 0 Å². The van der Waals surface area contributed by atoms with Crippen molar-refractivity contribution in [2.24, 2.45) is 10.7 Å². The molecule has 2 aromatic rings. The molecule has 1 aliphatic carbocycles. The largest absolute Gasteiger partial charge is 0.478 e. The van der Waals surface area contributed by atoms with Gasteiger partial charge in [-0.05, 0) is 0 Å². The zero-order valence-corrected chi connectivity index (χ0v) is 14.0. The smallest absolute Gasteiger partial charge is 0.338 e. The van der Waals surface area contributed by atoms with Crippen molar-refractivity contribution in [2.75, 3.05) is 24.6 Å². The molecule has 0 heterocycles. The first-order chi connectivity index (χ1) is 12.8. The predicted molar refractivity (Wildman–Crippen MR) is 98.6 cm³/mol. The SMILES string of the molecule is NCCN=C1c2ccccc2C(=O)c2c(N)c(C(=O)O)c(C(=O)O)c(N)c21. The molecule has 0 fully saturated rings. The van der Waals surface area contributed by atoms with E-state index in [0.717, 1.165) is 0 Å². The van der Waals surface area contributed by atoms with E-state index in [1.807, 2.05) is 0 Å². The van der Waals surface area contributed by atoms with Crippen molar-refractivity contribution in [1.82, 2.24) is 0 Å². The van der Waals surface area contributed by atoms with Crippen LogP contribution in [0.4, 0.5) is 11.4 Å². The first-order valence-corrected chi connectivity index (χ1v) is 7.91. The van der Waals surface area contributed by atoms with Crippen molar-refractivity contribution in [3.63, 3.8) is 0 Å². The maximum atomic E-state index is 13.0. The van der Waals surface area contributed by atoms with Crippen molar-refractivity contribution >= 4 is 34.8 Å². The number of nitrogen functional groups attached to an aromatic ring is 2. The van der Waals surface area contributed by atoms with Crippen molar-refractivity contribution < 1.29 is 24.6 Å². The highest BCUT2D eigenvalue weighted by Gasteiger charge is 2.37. The third kappa shape index (κ3) is 2.61. The van der Waals surface area contributed by atoms with Crippen LogP contribution in [0.15, 0.2) is 29.3 Å². The maximum absolute atomic E-state index is 13.0. The summed E-state index contributed by atoms with van der Waals surface area (Å²) in [5.74, 6) is -3.70. The number of aliphatic imine (C=N–C) groups is 1. The van der Waals surface area contributed by atoms with Crippen molar-refractivity contribution in [1.29, 1.82) is 0 Å². The molecule has 0 bridgehead atoms. The van der Waals surface area contributed by atoms with E-state index >= 15 is 0 Å². The lowest BCUT2D eigenvalue weighted by atomic mass is 9.79. The Morgan fingerprint density at radius 3 is 1.96 bits per heavy atom. The van der Waals surface area contributed by atoms with Gasteiger partial charge in [0.05, 0.1) is 40.3 Å². The molecule has 0 radical (unpaired) electrons. The Bertz CT molecular complexity index is 1040. The van der Waals surface area contributed by atoms with Gasteiger partial charge in [0.2, 0.25) is 0 Å². The lowest BCUT2D eigenvalue weighted by Gasteiger charge is -2.25. The second-order valence-corrected chi connectivity index (χ2v) is 5.83. The van der Waals surface area contributed by atoms with Crippen molar-refractivity contribution in [3.05, 3.63) is 57.6 Å². The quantitative estimate of drug-likeness (QED) is 0.414. The molecule has 0 unspecified atom stereocenters. The number of hydrogen-bond donors (Lipinski definition) is 5. The number of nitrogens with two attached hydrogens (primary N) is 3. The molecule has 1 aliphatic rings. The minimum Gasteiger partial charge on any atom is -0.478 e. The second-order valence-electron chi connectivity index (χ2n) is 5.83. The molecule has 0 saturated carbocycles. The number of carbonyl (C=O) groups excluding carboxylic acids is 1. The number of ketones is 1. The first-order valence-electron chi connectivity index (χ1n) is 7.91. The number of carboxylic acids is 2. The molecule has 9 heteroatoms. The van der Waals surface area contributed by atoms with E-state index in [2.05, 4.69) is 4.99 Å². The lowest BCUT2D eigenvalue weighted by Crippen LogP contribution is -2.28. The van der Waals surface area contributed by atoms with Gasteiger partial charge in [0.15, 0.2) is 5.78 Å². The van der Waals surface area contributed by atoms with Crippen molar-refractivity contribution in [3.8, 4) is 0 Å². The van der Waals surface area contributed by atoms with Crippen LogP contribution in [0.5, 0.6) is 0 Å². The number of hydrogen-bond acceptors (Lipinski definition) is 7. The summed E-state index contributed by atoms with van der Waals surface area (Å²) in [4.78, 5) is 40.7. The van der Waals surface area contributed by atoms with E-state index in [-0.39, 0.29) is 41.2 Å². The molecular formula is C18H16N4O5. The molecule has 8 N–H and O–H groups in total. The predicted octanol–water partition coefficient (Wildman–Crippen LogP) is 0.588. The fourth-order valence-corrected chi connectivity index (χ4v) is 3.21. The summed E-state index contributed by atoms with van der Waals surface area (Å²) in [7, 11) is 0. The summed E-state index contributed by atoms with van der Waals surface area (Å²) in [6.07, 6.45) is 0. The average Bonchev–Trinajstić information content (AvgIpc) is 2.63. The number of benzene rings is 2. The monoisotopic (exact) mass is 368 g/mol. The van der Waals surface area contributed by atoms with Gasteiger partial charge in [-0.3, -0.25) is 9.79 Å². The van der Waals surface area contributed by atoms with Gasteiger partial charge in [0, 0.05) is 23.2 Å². The van der Waals surface area contributed by atoms with Gasteiger partial charge in [-0.25, -0.2) is 9.59 Å². The fourth-order valence-electron chi connectivity index (χ4n) is 3.21. The molecule has 9 nitrogen and oxygen atoms in total. The fraction of sp³-hybridized carbons (Fsp3) is 0.111. The topological polar surface area (TPSA) is 182 Å². The molecule has 138 valence electrons. The maximum Gasteiger partial charge on any atom is 0.338 e. The van der Waals surface area contributed by atoms with Gasteiger partial charge < -0.3 is 27.4 Å². The van der Waals surface area contributed by atoms with Crippen LogP contribution in [0.3, 0.4) is 0 Å². The molecule has 2 aromatic carbocycles. The molecule has 0 atom stereocenters. The number of aromatic carboxylic acids is 2. The number of anilines is 2. The Hall–Kier alpha value is -3.72. The van der Waals surface area contributed by atoms with Crippen molar-refractivity contribution in [2.45, 2.75) is 0 Å². The van der Waals surface area contributed by atoms with E-state index in [1.54, 1.807) is 24.3 Å². The Labute approximate surface area is 153 Å². The molecule has 0 aromatic heterocycles. The third-order valence-electron chi connectivity index (χ3n) is 4.29. The van der Waals surface area contributed by atoms with E-state index < -0.39 is 34.5 Å². The van der Waals surface area contributed by atoms with Gasteiger partial charge in [-0.1, -0.05) is 24.3 Å². The number of rotatable bonds is 4. The zero-order valence-electron chi connectivity index (χ0n) is 14.0. The van der Waals surface area contributed by atoms with E-state index in [1.165, 1.54) is 0 Å². The Balaban J connectivity index is 2.51. The third-order valence-corrected chi connectivity index (χ3v) is 4.29. The number of fused-ring (bicyclic) bond motifs is 2. The normalized spacial score (nSPS) is 14.0. The van der Waals surface area contributed by atoms with Gasteiger partial charge >= 0.3 is 11.9 Å². The highest BCUT2D eigenvalue weighted by Crippen LogP contribution is 2.39.